The number of aryl methyl sites for hydroxylation is 1. The molecule has 4 rings (SSSR count). The second-order valence-corrected chi connectivity index (χ2v) is 7.99. The summed E-state index contributed by atoms with van der Waals surface area (Å²) in [4.78, 5) is 24.5. The number of hydrogen-bond acceptors (Lipinski definition) is 6. The molecule has 1 fully saturated rings. The lowest BCUT2D eigenvalue weighted by Gasteiger charge is -2.10. The molecule has 3 N–H and O–H groups in total. The second kappa shape index (κ2) is 10.3. The summed E-state index contributed by atoms with van der Waals surface area (Å²) in [5, 5.41) is 24.0. The second-order valence-electron chi connectivity index (χ2n) is 7.99. The van der Waals surface area contributed by atoms with E-state index in [-0.39, 0.29) is 29.2 Å². The van der Waals surface area contributed by atoms with Crippen LogP contribution in [0.2, 0.25) is 0 Å². The summed E-state index contributed by atoms with van der Waals surface area (Å²) in [5.74, 6) is 0.899. The van der Waals surface area contributed by atoms with E-state index in [1.54, 1.807) is 30.3 Å². The minimum absolute atomic E-state index is 0.0282. The lowest BCUT2D eigenvalue weighted by Crippen LogP contribution is -2.32. The average molecular weight is 450 g/mol. The topological polar surface area (TPSA) is 118 Å². The van der Waals surface area contributed by atoms with Crippen molar-refractivity contribution in [3.8, 4) is 17.1 Å². The van der Waals surface area contributed by atoms with Gasteiger partial charge >= 0.3 is 0 Å². The quantitative estimate of drug-likeness (QED) is 0.487. The summed E-state index contributed by atoms with van der Waals surface area (Å²) >= 11 is 0. The number of amides is 2. The van der Waals surface area contributed by atoms with Crippen LogP contribution in [-0.2, 0) is 23.0 Å². The fourth-order valence-electron chi connectivity index (χ4n) is 3.74. The van der Waals surface area contributed by atoms with E-state index in [2.05, 4.69) is 20.8 Å². The van der Waals surface area contributed by atoms with Crippen LogP contribution in [-0.4, -0.2) is 50.9 Å². The van der Waals surface area contributed by atoms with Crippen molar-refractivity contribution in [2.24, 2.45) is 7.05 Å². The maximum Gasteiger partial charge on any atom is 0.259 e. The van der Waals surface area contributed by atoms with Crippen molar-refractivity contribution >= 4 is 17.5 Å². The first-order valence-electron chi connectivity index (χ1n) is 11.0. The molecule has 1 aliphatic rings. The molecule has 2 amide bonds. The number of ether oxygens (including phenoxy) is 1. The van der Waals surface area contributed by atoms with Gasteiger partial charge in [-0.3, -0.25) is 9.59 Å². The number of anilines is 1. The van der Waals surface area contributed by atoms with Gasteiger partial charge in [-0.05, 0) is 49.2 Å². The fraction of sp³-hybridized carbons (Fsp3) is 0.333. The van der Waals surface area contributed by atoms with Crippen molar-refractivity contribution in [3.63, 3.8) is 0 Å². The Morgan fingerprint density at radius 2 is 1.94 bits per heavy atom. The lowest BCUT2D eigenvalue weighted by molar-refractivity contribution is -0.121. The lowest BCUT2D eigenvalue weighted by atomic mass is 10.1. The molecule has 2 aromatic carbocycles. The maximum absolute atomic E-state index is 12.4. The molecular weight excluding hydrogens is 422 g/mol. The van der Waals surface area contributed by atoms with Crippen LogP contribution in [0.5, 0.6) is 5.75 Å². The van der Waals surface area contributed by atoms with Gasteiger partial charge in [-0.25, -0.2) is 0 Å². The van der Waals surface area contributed by atoms with Gasteiger partial charge in [0.2, 0.25) is 5.91 Å². The van der Waals surface area contributed by atoms with Crippen LogP contribution >= 0.6 is 0 Å². The van der Waals surface area contributed by atoms with Crippen molar-refractivity contribution in [2.45, 2.75) is 31.8 Å². The van der Waals surface area contributed by atoms with Gasteiger partial charge < -0.3 is 25.0 Å². The molecule has 0 radical (unpaired) electrons. The molecule has 1 atom stereocenters. The van der Waals surface area contributed by atoms with Crippen LogP contribution in [0.4, 0.5) is 5.69 Å². The first kappa shape index (κ1) is 22.5. The van der Waals surface area contributed by atoms with Crippen molar-refractivity contribution in [1.29, 1.82) is 0 Å². The third-order valence-electron chi connectivity index (χ3n) is 5.64. The zero-order chi connectivity index (χ0) is 23.2. The van der Waals surface area contributed by atoms with Crippen LogP contribution in [0.15, 0.2) is 48.5 Å². The van der Waals surface area contributed by atoms with Crippen molar-refractivity contribution in [1.82, 2.24) is 20.1 Å². The van der Waals surface area contributed by atoms with Crippen molar-refractivity contribution < 1.29 is 19.4 Å². The highest BCUT2D eigenvalue weighted by Gasteiger charge is 2.17. The number of carbonyl (C=O) groups is 2. The zero-order valence-corrected chi connectivity index (χ0v) is 18.5. The molecule has 1 aliphatic heterocycles. The van der Waals surface area contributed by atoms with E-state index in [9.17, 15) is 14.7 Å². The van der Waals surface area contributed by atoms with Gasteiger partial charge in [0, 0.05) is 44.3 Å². The first-order chi connectivity index (χ1) is 16.0. The summed E-state index contributed by atoms with van der Waals surface area (Å²) in [6.45, 7) is 1.32. The molecule has 33 heavy (non-hydrogen) atoms. The molecule has 0 spiro atoms. The Labute approximate surface area is 191 Å². The Kier molecular flexibility index (Phi) is 6.99. The highest BCUT2D eigenvalue weighted by Crippen LogP contribution is 2.22. The Balaban J connectivity index is 1.33. The summed E-state index contributed by atoms with van der Waals surface area (Å²) in [6, 6.07) is 13.6. The molecule has 1 unspecified atom stereocenters. The van der Waals surface area contributed by atoms with Gasteiger partial charge in [0.25, 0.3) is 5.91 Å². The zero-order valence-electron chi connectivity index (χ0n) is 18.5. The molecule has 3 aromatic rings. The Hall–Kier alpha value is -3.72. The molecule has 172 valence electrons. The number of phenols is 1. The number of nitrogens with one attached hydrogen (secondary N) is 2. The largest absolute Gasteiger partial charge is 0.507 e. The van der Waals surface area contributed by atoms with Gasteiger partial charge in [-0.1, -0.05) is 12.1 Å². The van der Waals surface area contributed by atoms with Gasteiger partial charge in [-0.15, -0.1) is 10.2 Å². The summed E-state index contributed by atoms with van der Waals surface area (Å²) < 4.78 is 7.38. The maximum atomic E-state index is 12.4. The third-order valence-corrected chi connectivity index (χ3v) is 5.64. The van der Waals surface area contributed by atoms with E-state index in [1.165, 1.54) is 6.07 Å². The number of aromatic nitrogens is 3. The van der Waals surface area contributed by atoms with Crippen LogP contribution in [0.1, 0.15) is 35.4 Å². The molecule has 9 nitrogen and oxygen atoms in total. The Bertz CT molecular complexity index is 1120. The number of para-hydroxylation sites is 1. The average Bonchev–Trinajstić information content (AvgIpc) is 3.47. The highest BCUT2D eigenvalue weighted by molar-refractivity contribution is 6.06. The van der Waals surface area contributed by atoms with Crippen molar-refractivity contribution in [2.75, 3.05) is 18.5 Å². The van der Waals surface area contributed by atoms with E-state index < -0.39 is 0 Å². The van der Waals surface area contributed by atoms with Gasteiger partial charge in [0.05, 0.1) is 11.7 Å². The Morgan fingerprint density at radius 3 is 2.67 bits per heavy atom. The molecule has 0 aliphatic carbocycles. The number of hydrogen-bond donors (Lipinski definition) is 3. The summed E-state index contributed by atoms with van der Waals surface area (Å²) in [5.41, 5.74) is 1.64. The van der Waals surface area contributed by atoms with Crippen LogP contribution in [0.3, 0.4) is 0 Å². The molecule has 9 heteroatoms. The molecule has 0 bridgehead atoms. The number of nitrogens with zero attached hydrogens (tertiary/aromatic N) is 3. The number of benzene rings is 2. The van der Waals surface area contributed by atoms with Crippen LogP contribution < -0.4 is 10.6 Å². The predicted octanol–water partition coefficient (Wildman–Crippen LogP) is 2.67. The number of rotatable bonds is 8. The molecule has 0 saturated carbocycles. The van der Waals surface area contributed by atoms with Gasteiger partial charge in [0.1, 0.15) is 11.6 Å². The van der Waals surface area contributed by atoms with Crippen LogP contribution in [0, 0.1) is 0 Å². The predicted molar refractivity (Wildman–Crippen MR) is 123 cm³/mol. The minimum Gasteiger partial charge on any atom is -0.507 e. The Morgan fingerprint density at radius 1 is 1.15 bits per heavy atom. The number of carbonyl (C=O) groups excluding carboxylic acids is 2. The van der Waals surface area contributed by atoms with E-state index in [0.29, 0.717) is 36.7 Å². The van der Waals surface area contributed by atoms with Gasteiger partial charge in [0.15, 0.2) is 5.82 Å². The standard InChI is InChI=1S/C24H27N5O4/c1-29-21(12-13-22(31)25-15-18-5-4-14-33-18)27-28-23(29)16-8-10-17(11-9-16)26-24(32)19-6-2-3-7-20(19)30/h2-3,6-11,18,30H,4-5,12-15H2,1H3,(H,25,31)(H,26,32). The normalized spacial score (nSPS) is 15.4. The fourth-order valence-corrected chi connectivity index (χ4v) is 3.74. The van der Waals surface area contributed by atoms with E-state index >= 15 is 0 Å². The van der Waals surface area contributed by atoms with Crippen LogP contribution in [0.25, 0.3) is 11.4 Å². The number of phenolic OH excluding ortho intramolecular Hbond substituents is 1. The third kappa shape index (κ3) is 5.56. The van der Waals surface area contributed by atoms with Crippen molar-refractivity contribution in [3.05, 3.63) is 59.9 Å². The summed E-state index contributed by atoms with van der Waals surface area (Å²) in [7, 11) is 1.86. The number of aromatic hydroxyl groups is 1. The molecule has 2 heterocycles. The monoisotopic (exact) mass is 449 g/mol. The molecular formula is C24H27N5O4. The smallest absolute Gasteiger partial charge is 0.259 e. The summed E-state index contributed by atoms with van der Waals surface area (Å²) in [6.07, 6.45) is 2.98. The first-order valence-corrected chi connectivity index (χ1v) is 11.0. The van der Waals surface area contributed by atoms with Gasteiger partial charge in [-0.2, -0.15) is 0 Å². The molecule has 1 saturated heterocycles. The van der Waals surface area contributed by atoms with E-state index in [0.717, 1.165) is 25.0 Å². The van der Waals surface area contributed by atoms with E-state index in [4.69, 9.17) is 4.74 Å². The minimum atomic E-state index is -0.389. The van der Waals surface area contributed by atoms with E-state index in [1.807, 2.05) is 23.7 Å². The SMILES string of the molecule is Cn1c(CCC(=O)NCC2CCCO2)nnc1-c1ccc(NC(=O)c2ccccc2O)cc1. The molecule has 1 aromatic heterocycles. The highest BCUT2D eigenvalue weighted by atomic mass is 16.5.